The summed E-state index contributed by atoms with van der Waals surface area (Å²) in [5.74, 6) is -1.49. The smallest absolute Gasteiger partial charge is 0.326 e. The fourth-order valence-corrected chi connectivity index (χ4v) is 1.75. The van der Waals surface area contributed by atoms with Gasteiger partial charge in [0, 0.05) is 0 Å². The minimum atomic E-state index is -1.01. The lowest BCUT2D eigenvalue weighted by Crippen LogP contribution is -2.44. The third-order valence-electron chi connectivity index (χ3n) is 2.42. The van der Waals surface area contributed by atoms with Crippen molar-refractivity contribution in [1.82, 2.24) is 10.3 Å². The summed E-state index contributed by atoms with van der Waals surface area (Å²) in [6.45, 7) is 3.69. The molecule has 1 aromatic heterocycles. The minimum Gasteiger partial charge on any atom is -0.480 e. The second-order valence-corrected chi connectivity index (χ2v) is 4.43. The number of carboxylic acid groups (broad SMARTS) is 1. The van der Waals surface area contributed by atoms with Gasteiger partial charge >= 0.3 is 5.97 Å². The number of carboxylic acids is 1. The Kier molecular flexibility index (Phi) is 4.42. The number of rotatable bonds is 5. The van der Waals surface area contributed by atoms with E-state index in [1.54, 1.807) is 6.92 Å². The number of carbonyl (C=O) groups excluding carboxylic acids is 1. The number of hydrogen-bond donors (Lipinski definition) is 2. The van der Waals surface area contributed by atoms with Crippen molar-refractivity contribution in [2.75, 3.05) is 0 Å². The molecular formula is C10H14N2O3S. The van der Waals surface area contributed by atoms with Crippen molar-refractivity contribution in [3.63, 3.8) is 0 Å². The van der Waals surface area contributed by atoms with Crippen LogP contribution < -0.4 is 5.32 Å². The van der Waals surface area contributed by atoms with Crippen molar-refractivity contribution in [1.29, 1.82) is 0 Å². The van der Waals surface area contributed by atoms with Gasteiger partial charge in [-0.05, 0) is 5.92 Å². The lowest BCUT2D eigenvalue weighted by atomic mass is 9.99. The standard InChI is InChI=1S/C10H14N2O3S/c1-3-6(2)8(10(14)15)12-9(13)7-4-11-5-16-7/h4-6,8H,3H2,1-2H3,(H,12,13)(H,14,15)/t6-,8-/m0/s1. The second kappa shape index (κ2) is 5.60. The zero-order chi connectivity index (χ0) is 12.1. The van der Waals surface area contributed by atoms with Crippen LogP contribution in [0.25, 0.3) is 0 Å². The molecule has 5 nitrogen and oxygen atoms in total. The molecule has 1 heterocycles. The van der Waals surface area contributed by atoms with Crippen LogP contribution in [-0.2, 0) is 4.79 Å². The Bertz CT molecular complexity index is 364. The van der Waals surface area contributed by atoms with Gasteiger partial charge in [0.1, 0.15) is 10.9 Å². The Hall–Kier alpha value is -1.43. The molecule has 0 spiro atoms. The van der Waals surface area contributed by atoms with Gasteiger partial charge in [-0.15, -0.1) is 11.3 Å². The lowest BCUT2D eigenvalue weighted by molar-refractivity contribution is -0.140. The first-order valence-electron chi connectivity index (χ1n) is 4.98. The molecule has 1 rings (SSSR count). The molecule has 1 amide bonds. The molecule has 0 saturated carbocycles. The van der Waals surface area contributed by atoms with Gasteiger partial charge in [-0.25, -0.2) is 4.79 Å². The molecule has 2 atom stereocenters. The van der Waals surface area contributed by atoms with Crippen molar-refractivity contribution < 1.29 is 14.7 Å². The molecule has 0 aliphatic carbocycles. The van der Waals surface area contributed by atoms with Crippen LogP contribution in [0.15, 0.2) is 11.7 Å². The number of amides is 1. The number of aromatic nitrogens is 1. The van der Waals surface area contributed by atoms with Crippen LogP contribution in [0.5, 0.6) is 0 Å². The highest BCUT2D eigenvalue weighted by Crippen LogP contribution is 2.11. The third-order valence-corrected chi connectivity index (χ3v) is 3.19. The highest BCUT2D eigenvalue weighted by Gasteiger charge is 2.25. The maximum Gasteiger partial charge on any atom is 0.326 e. The van der Waals surface area contributed by atoms with E-state index in [4.69, 9.17) is 5.11 Å². The van der Waals surface area contributed by atoms with Crippen LogP contribution in [-0.4, -0.2) is 28.0 Å². The Morgan fingerprint density at radius 3 is 2.75 bits per heavy atom. The van der Waals surface area contributed by atoms with Crippen molar-refractivity contribution in [3.05, 3.63) is 16.6 Å². The van der Waals surface area contributed by atoms with Crippen molar-refractivity contribution in [2.24, 2.45) is 5.92 Å². The van der Waals surface area contributed by atoms with Gasteiger partial charge in [0.25, 0.3) is 5.91 Å². The van der Waals surface area contributed by atoms with Gasteiger partial charge in [-0.2, -0.15) is 0 Å². The number of nitrogens with one attached hydrogen (secondary N) is 1. The normalized spacial score (nSPS) is 14.1. The molecule has 0 unspecified atom stereocenters. The minimum absolute atomic E-state index is 0.102. The highest BCUT2D eigenvalue weighted by atomic mass is 32.1. The zero-order valence-electron chi connectivity index (χ0n) is 9.14. The number of aliphatic carboxylic acids is 1. The Morgan fingerprint density at radius 1 is 1.62 bits per heavy atom. The monoisotopic (exact) mass is 242 g/mol. The summed E-state index contributed by atoms with van der Waals surface area (Å²) < 4.78 is 0. The molecular weight excluding hydrogens is 228 g/mol. The highest BCUT2D eigenvalue weighted by molar-refractivity contribution is 7.11. The van der Waals surface area contributed by atoms with Gasteiger partial charge < -0.3 is 10.4 Å². The molecule has 16 heavy (non-hydrogen) atoms. The van der Waals surface area contributed by atoms with E-state index in [1.807, 2.05) is 6.92 Å². The van der Waals surface area contributed by atoms with Crippen LogP contribution in [0.3, 0.4) is 0 Å². The molecule has 0 fully saturated rings. The number of thiazole rings is 1. The van der Waals surface area contributed by atoms with E-state index in [9.17, 15) is 9.59 Å². The quantitative estimate of drug-likeness (QED) is 0.817. The van der Waals surface area contributed by atoms with E-state index < -0.39 is 12.0 Å². The fourth-order valence-electron chi connectivity index (χ4n) is 1.22. The van der Waals surface area contributed by atoms with Crippen LogP contribution >= 0.6 is 11.3 Å². The summed E-state index contributed by atoms with van der Waals surface area (Å²) in [5, 5.41) is 11.5. The lowest BCUT2D eigenvalue weighted by Gasteiger charge is -2.19. The van der Waals surface area contributed by atoms with Crippen molar-refractivity contribution in [2.45, 2.75) is 26.3 Å². The molecule has 6 heteroatoms. The average Bonchev–Trinajstić information content (AvgIpc) is 2.77. The summed E-state index contributed by atoms with van der Waals surface area (Å²) in [7, 11) is 0. The zero-order valence-corrected chi connectivity index (χ0v) is 9.95. The fraction of sp³-hybridized carbons (Fsp3) is 0.500. The van der Waals surface area contributed by atoms with E-state index in [2.05, 4.69) is 10.3 Å². The molecule has 88 valence electrons. The van der Waals surface area contributed by atoms with E-state index in [0.717, 1.165) is 0 Å². The topological polar surface area (TPSA) is 79.3 Å². The van der Waals surface area contributed by atoms with Gasteiger partial charge in [-0.1, -0.05) is 20.3 Å². The summed E-state index contributed by atoms with van der Waals surface area (Å²) in [5.41, 5.74) is 1.54. The van der Waals surface area contributed by atoms with E-state index in [-0.39, 0.29) is 11.8 Å². The van der Waals surface area contributed by atoms with Crippen LogP contribution in [0.1, 0.15) is 29.9 Å². The first kappa shape index (κ1) is 12.6. The second-order valence-electron chi connectivity index (χ2n) is 3.54. The SMILES string of the molecule is CC[C@H](C)[C@H](NC(=O)c1cncs1)C(=O)O. The van der Waals surface area contributed by atoms with Crippen molar-refractivity contribution >= 4 is 23.2 Å². The van der Waals surface area contributed by atoms with Crippen LogP contribution in [0.4, 0.5) is 0 Å². The van der Waals surface area contributed by atoms with Gasteiger partial charge in [0.15, 0.2) is 0 Å². The number of carbonyl (C=O) groups is 2. The van der Waals surface area contributed by atoms with Gasteiger partial charge in [0.2, 0.25) is 0 Å². The summed E-state index contributed by atoms with van der Waals surface area (Å²) in [6, 6.07) is -0.848. The molecule has 0 aliphatic rings. The summed E-state index contributed by atoms with van der Waals surface area (Å²) >= 11 is 1.19. The predicted octanol–water partition coefficient (Wildman–Crippen LogP) is 1.37. The Balaban J connectivity index is 2.69. The molecule has 0 aliphatic heterocycles. The molecule has 1 aromatic rings. The van der Waals surface area contributed by atoms with E-state index in [0.29, 0.717) is 11.3 Å². The van der Waals surface area contributed by atoms with Gasteiger partial charge in [-0.3, -0.25) is 9.78 Å². The van der Waals surface area contributed by atoms with Gasteiger partial charge in [0.05, 0.1) is 11.7 Å². The molecule has 0 aromatic carbocycles. The molecule has 0 bridgehead atoms. The van der Waals surface area contributed by atoms with Crippen molar-refractivity contribution in [3.8, 4) is 0 Å². The van der Waals surface area contributed by atoms with Crippen LogP contribution in [0, 0.1) is 5.92 Å². The van der Waals surface area contributed by atoms with Crippen LogP contribution in [0.2, 0.25) is 0 Å². The average molecular weight is 242 g/mol. The van der Waals surface area contributed by atoms with E-state index >= 15 is 0 Å². The number of nitrogens with zero attached hydrogens (tertiary/aromatic N) is 1. The van der Waals surface area contributed by atoms with E-state index in [1.165, 1.54) is 23.0 Å². The molecule has 0 saturated heterocycles. The molecule has 2 N–H and O–H groups in total. The Morgan fingerprint density at radius 2 is 2.31 bits per heavy atom. The third kappa shape index (κ3) is 3.03. The predicted molar refractivity (Wildman–Crippen MR) is 60.5 cm³/mol. The largest absolute Gasteiger partial charge is 0.480 e. The molecule has 0 radical (unpaired) electrons. The number of hydrogen-bond acceptors (Lipinski definition) is 4. The summed E-state index contributed by atoms with van der Waals surface area (Å²) in [6.07, 6.45) is 2.12. The first-order chi connectivity index (χ1) is 7.56. The Labute approximate surface area is 97.5 Å². The maximum absolute atomic E-state index is 11.6. The first-order valence-corrected chi connectivity index (χ1v) is 5.86. The maximum atomic E-state index is 11.6. The summed E-state index contributed by atoms with van der Waals surface area (Å²) in [4.78, 5) is 26.8.